The highest BCUT2D eigenvalue weighted by Crippen LogP contribution is 2.23. The summed E-state index contributed by atoms with van der Waals surface area (Å²) in [5.74, 6) is 0.125. The van der Waals surface area contributed by atoms with Crippen LogP contribution in [-0.4, -0.2) is 31.0 Å². The van der Waals surface area contributed by atoms with Crippen molar-refractivity contribution in [3.05, 3.63) is 77.1 Å². The Morgan fingerprint density at radius 1 is 1.00 bits per heavy atom. The molecule has 6 nitrogen and oxygen atoms in total. The lowest BCUT2D eigenvalue weighted by Gasteiger charge is -2.23. The van der Waals surface area contributed by atoms with Crippen LogP contribution in [0.25, 0.3) is 0 Å². The normalized spacial score (nSPS) is 13.1. The van der Waals surface area contributed by atoms with Crippen molar-refractivity contribution in [3.8, 4) is 0 Å². The number of aromatic amines is 1. The number of pyridine rings is 2. The number of hydrogen-bond donors (Lipinski definition) is 1. The monoisotopic (exact) mass is 375 g/mol. The second kappa shape index (κ2) is 8.78. The third-order valence-corrected chi connectivity index (χ3v) is 5.26. The maximum Gasteiger partial charge on any atom is 0.223 e. The molecule has 1 aliphatic carbocycles. The molecule has 4 rings (SSSR count). The first-order valence-corrected chi connectivity index (χ1v) is 9.90. The summed E-state index contributed by atoms with van der Waals surface area (Å²) in [7, 11) is 0. The predicted octanol–water partition coefficient (Wildman–Crippen LogP) is 3.24. The number of aromatic nitrogens is 4. The van der Waals surface area contributed by atoms with Crippen LogP contribution >= 0.6 is 0 Å². The first-order chi connectivity index (χ1) is 13.8. The molecule has 0 saturated heterocycles. The molecule has 6 heteroatoms. The molecule has 0 saturated carbocycles. The van der Waals surface area contributed by atoms with Crippen molar-refractivity contribution in [1.29, 1.82) is 0 Å². The molecule has 0 aromatic carbocycles. The number of nitrogens with one attached hydrogen (secondary N) is 1. The zero-order chi connectivity index (χ0) is 19.2. The molecular weight excluding hydrogens is 350 g/mol. The Hall–Kier alpha value is -3.02. The fourth-order valence-electron chi connectivity index (χ4n) is 3.80. The summed E-state index contributed by atoms with van der Waals surface area (Å²) in [6, 6.07) is 7.80. The van der Waals surface area contributed by atoms with Crippen LogP contribution < -0.4 is 0 Å². The van der Waals surface area contributed by atoms with Crippen molar-refractivity contribution in [1.82, 2.24) is 25.1 Å². The van der Waals surface area contributed by atoms with E-state index in [-0.39, 0.29) is 5.91 Å². The lowest BCUT2D eigenvalue weighted by Crippen LogP contribution is -2.30. The van der Waals surface area contributed by atoms with Crippen molar-refractivity contribution in [2.45, 2.75) is 51.6 Å². The topological polar surface area (TPSA) is 74.8 Å². The summed E-state index contributed by atoms with van der Waals surface area (Å²) < 4.78 is 0. The SMILES string of the molecule is O=C(CCc1n[nH]c2c1CCCC2)N(Cc1cccnc1)Cc1cccnc1. The number of nitrogens with zero attached hydrogens (tertiary/aromatic N) is 4. The van der Waals surface area contributed by atoms with Gasteiger partial charge in [0, 0.05) is 56.4 Å². The number of hydrogen-bond acceptors (Lipinski definition) is 4. The lowest BCUT2D eigenvalue weighted by atomic mass is 9.94. The van der Waals surface area contributed by atoms with E-state index in [9.17, 15) is 4.79 Å². The van der Waals surface area contributed by atoms with Crippen LogP contribution in [0.15, 0.2) is 49.1 Å². The first-order valence-electron chi connectivity index (χ1n) is 9.90. The van der Waals surface area contributed by atoms with Gasteiger partial charge < -0.3 is 4.90 Å². The second-order valence-electron chi connectivity index (χ2n) is 7.31. The fraction of sp³-hybridized carbons (Fsp3) is 0.364. The van der Waals surface area contributed by atoms with E-state index in [4.69, 9.17) is 0 Å². The summed E-state index contributed by atoms with van der Waals surface area (Å²) in [5, 5.41) is 7.65. The van der Waals surface area contributed by atoms with Gasteiger partial charge in [0.15, 0.2) is 0 Å². The number of carbonyl (C=O) groups is 1. The van der Waals surface area contributed by atoms with Gasteiger partial charge in [-0.25, -0.2) is 0 Å². The molecule has 1 amide bonds. The van der Waals surface area contributed by atoms with Gasteiger partial charge in [-0.05, 0) is 54.5 Å². The molecule has 1 N–H and O–H groups in total. The lowest BCUT2D eigenvalue weighted by molar-refractivity contribution is -0.132. The highest BCUT2D eigenvalue weighted by atomic mass is 16.2. The maximum atomic E-state index is 13.1. The van der Waals surface area contributed by atoms with Crippen LogP contribution in [-0.2, 0) is 37.1 Å². The largest absolute Gasteiger partial charge is 0.334 e. The molecule has 3 aromatic heterocycles. The number of aryl methyl sites for hydroxylation is 2. The summed E-state index contributed by atoms with van der Waals surface area (Å²) in [4.78, 5) is 23.3. The quantitative estimate of drug-likeness (QED) is 0.688. The van der Waals surface area contributed by atoms with Crippen molar-refractivity contribution in [3.63, 3.8) is 0 Å². The fourth-order valence-corrected chi connectivity index (χ4v) is 3.80. The Morgan fingerprint density at radius 2 is 1.68 bits per heavy atom. The average molecular weight is 375 g/mol. The third kappa shape index (κ3) is 4.44. The minimum Gasteiger partial charge on any atom is -0.334 e. The number of fused-ring (bicyclic) bond motifs is 1. The first kappa shape index (κ1) is 18.3. The van der Waals surface area contributed by atoms with Gasteiger partial charge in [0.1, 0.15) is 0 Å². The van der Waals surface area contributed by atoms with E-state index in [0.717, 1.165) is 29.7 Å². The van der Waals surface area contributed by atoms with Gasteiger partial charge in [0.25, 0.3) is 0 Å². The van der Waals surface area contributed by atoms with E-state index in [1.807, 2.05) is 41.6 Å². The smallest absolute Gasteiger partial charge is 0.223 e. The molecule has 28 heavy (non-hydrogen) atoms. The summed E-state index contributed by atoms with van der Waals surface area (Å²) in [6.07, 6.45) is 12.8. The molecule has 1 aliphatic rings. The maximum absolute atomic E-state index is 13.1. The molecule has 0 atom stereocenters. The number of carbonyl (C=O) groups excluding carboxylic acids is 1. The molecule has 0 spiro atoms. The molecular formula is C22H25N5O. The molecule has 0 fully saturated rings. The van der Waals surface area contributed by atoms with E-state index < -0.39 is 0 Å². The molecule has 3 heterocycles. The Morgan fingerprint density at radius 3 is 2.32 bits per heavy atom. The third-order valence-electron chi connectivity index (χ3n) is 5.26. The summed E-state index contributed by atoms with van der Waals surface area (Å²) in [5.41, 5.74) is 5.71. The van der Waals surface area contributed by atoms with Crippen molar-refractivity contribution < 1.29 is 4.79 Å². The van der Waals surface area contributed by atoms with Crippen LogP contribution in [0.4, 0.5) is 0 Å². The molecule has 144 valence electrons. The van der Waals surface area contributed by atoms with Gasteiger partial charge in [0.05, 0.1) is 5.69 Å². The minimum atomic E-state index is 0.125. The van der Waals surface area contributed by atoms with Crippen LogP contribution in [0.2, 0.25) is 0 Å². The molecule has 3 aromatic rings. The Balaban J connectivity index is 1.45. The highest BCUT2D eigenvalue weighted by molar-refractivity contribution is 5.76. The van der Waals surface area contributed by atoms with Gasteiger partial charge in [0.2, 0.25) is 5.91 Å². The number of amides is 1. The average Bonchev–Trinajstić information content (AvgIpc) is 3.16. The summed E-state index contributed by atoms with van der Waals surface area (Å²) in [6.45, 7) is 1.08. The van der Waals surface area contributed by atoms with E-state index in [0.29, 0.717) is 25.9 Å². The minimum absolute atomic E-state index is 0.125. The van der Waals surface area contributed by atoms with Crippen LogP contribution in [0.3, 0.4) is 0 Å². The van der Waals surface area contributed by atoms with Gasteiger partial charge in [-0.1, -0.05) is 12.1 Å². The van der Waals surface area contributed by atoms with Gasteiger partial charge in [-0.2, -0.15) is 5.10 Å². The van der Waals surface area contributed by atoms with Gasteiger partial charge in [-0.3, -0.25) is 19.9 Å². The van der Waals surface area contributed by atoms with Crippen molar-refractivity contribution >= 4 is 5.91 Å². The Kier molecular flexibility index (Phi) is 5.75. The van der Waals surface area contributed by atoms with Crippen LogP contribution in [0.5, 0.6) is 0 Å². The van der Waals surface area contributed by atoms with E-state index in [1.165, 1.54) is 24.1 Å². The molecule has 0 aliphatic heterocycles. The zero-order valence-corrected chi connectivity index (χ0v) is 16.0. The number of rotatable bonds is 7. The zero-order valence-electron chi connectivity index (χ0n) is 16.0. The Bertz CT molecular complexity index is 866. The van der Waals surface area contributed by atoms with Crippen molar-refractivity contribution in [2.75, 3.05) is 0 Å². The Labute approximate surface area is 165 Å². The van der Waals surface area contributed by atoms with E-state index >= 15 is 0 Å². The standard InChI is InChI=1S/C22H25N5O/c28-22(10-9-21-19-7-1-2-8-20(19)25-26-21)27(15-17-5-3-11-23-13-17)16-18-6-4-12-24-14-18/h3-6,11-14H,1-2,7-10,15-16H2,(H,25,26). The van der Waals surface area contributed by atoms with Crippen molar-refractivity contribution in [2.24, 2.45) is 0 Å². The molecule has 0 unspecified atom stereocenters. The highest BCUT2D eigenvalue weighted by Gasteiger charge is 2.20. The molecule has 0 radical (unpaired) electrons. The van der Waals surface area contributed by atoms with E-state index in [1.54, 1.807) is 12.4 Å². The van der Waals surface area contributed by atoms with Crippen LogP contribution in [0, 0.1) is 0 Å². The summed E-state index contributed by atoms with van der Waals surface area (Å²) >= 11 is 0. The van der Waals surface area contributed by atoms with E-state index in [2.05, 4.69) is 20.2 Å². The van der Waals surface area contributed by atoms with Gasteiger partial charge in [-0.15, -0.1) is 0 Å². The molecule has 0 bridgehead atoms. The second-order valence-corrected chi connectivity index (χ2v) is 7.31. The number of H-pyrrole nitrogens is 1. The van der Waals surface area contributed by atoms with Gasteiger partial charge >= 0.3 is 0 Å². The van der Waals surface area contributed by atoms with Crippen LogP contribution in [0.1, 0.15) is 47.3 Å². The predicted molar refractivity (Wildman–Crippen MR) is 106 cm³/mol.